The van der Waals surface area contributed by atoms with E-state index < -0.39 is 0 Å². The quantitative estimate of drug-likeness (QED) is 0.894. The molecule has 100 valence electrons. The van der Waals surface area contributed by atoms with Crippen LogP contribution in [0.1, 0.15) is 18.1 Å². The Bertz CT molecular complexity index is 506. The van der Waals surface area contributed by atoms with Crippen molar-refractivity contribution >= 4 is 0 Å². The zero-order chi connectivity index (χ0) is 13.7. The maximum Gasteiger partial charge on any atom is 0.118 e. The van der Waals surface area contributed by atoms with Crippen molar-refractivity contribution in [2.24, 2.45) is 5.73 Å². The van der Waals surface area contributed by atoms with Gasteiger partial charge in [0.1, 0.15) is 5.75 Å². The number of ether oxygens (including phenoxy) is 1. The zero-order valence-electron chi connectivity index (χ0n) is 11.5. The van der Waals surface area contributed by atoms with Crippen molar-refractivity contribution in [2.45, 2.75) is 25.3 Å². The number of pyridine rings is 1. The molecule has 2 N–H and O–H groups in total. The number of nitrogens with two attached hydrogens (primary N) is 1. The van der Waals surface area contributed by atoms with Crippen molar-refractivity contribution < 1.29 is 4.74 Å². The van der Waals surface area contributed by atoms with E-state index in [4.69, 9.17) is 10.5 Å². The second kappa shape index (κ2) is 5.85. The fourth-order valence-electron chi connectivity index (χ4n) is 2.24. The molecule has 19 heavy (non-hydrogen) atoms. The first-order chi connectivity index (χ1) is 9.09. The molecule has 0 saturated heterocycles. The molecule has 1 aromatic carbocycles. The molecular formula is C16H20N2O. The van der Waals surface area contributed by atoms with Gasteiger partial charge in [0.05, 0.1) is 7.11 Å². The van der Waals surface area contributed by atoms with Gasteiger partial charge in [-0.25, -0.2) is 0 Å². The minimum absolute atomic E-state index is 0.268. The van der Waals surface area contributed by atoms with Gasteiger partial charge in [0.15, 0.2) is 0 Å². The Balaban J connectivity index is 2.03. The molecule has 0 aliphatic carbocycles. The molecule has 0 fully saturated rings. The van der Waals surface area contributed by atoms with Crippen molar-refractivity contribution in [3.8, 4) is 5.75 Å². The van der Waals surface area contributed by atoms with Gasteiger partial charge in [-0.05, 0) is 55.2 Å². The molecule has 1 aromatic heterocycles. The molecule has 0 radical (unpaired) electrons. The Morgan fingerprint density at radius 1 is 1.00 bits per heavy atom. The van der Waals surface area contributed by atoms with Crippen LogP contribution in [0.4, 0.5) is 0 Å². The number of aromatic nitrogens is 1. The van der Waals surface area contributed by atoms with E-state index in [1.165, 1.54) is 11.1 Å². The van der Waals surface area contributed by atoms with Crippen LogP contribution in [0, 0.1) is 0 Å². The summed E-state index contributed by atoms with van der Waals surface area (Å²) in [7, 11) is 1.67. The van der Waals surface area contributed by atoms with Gasteiger partial charge >= 0.3 is 0 Å². The number of methoxy groups -OCH3 is 1. The maximum atomic E-state index is 6.40. The molecule has 3 heteroatoms. The minimum Gasteiger partial charge on any atom is -0.497 e. The third-order valence-electron chi connectivity index (χ3n) is 3.12. The Labute approximate surface area is 114 Å². The Kier molecular flexibility index (Phi) is 4.17. The highest BCUT2D eigenvalue weighted by Gasteiger charge is 2.19. The summed E-state index contributed by atoms with van der Waals surface area (Å²) in [6.07, 6.45) is 5.28. The highest BCUT2D eigenvalue weighted by atomic mass is 16.5. The maximum absolute atomic E-state index is 6.40. The van der Waals surface area contributed by atoms with Gasteiger partial charge in [0, 0.05) is 17.9 Å². The lowest BCUT2D eigenvalue weighted by molar-refractivity contribution is 0.414. The van der Waals surface area contributed by atoms with Gasteiger partial charge in [-0.1, -0.05) is 12.1 Å². The molecule has 0 aliphatic rings. The predicted molar refractivity (Wildman–Crippen MR) is 77.2 cm³/mol. The van der Waals surface area contributed by atoms with Crippen LogP contribution < -0.4 is 10.5 Å². The topological polar surface area (TPSA) is 48.1 Å². The van der Waals surface area contributed by atoms with E-state index in [1.54, 1.807) is 19.5 Å². The average molecular weight is 256 g/mol. The third-order valence-corrected chi connectivity index (χ3v) is 3.12. The van der Waals surface area contributed by atoms with Gasteiger partial charge in [0.2, 0.25) is 0 Å². The standard InChI is InChI=1S/C16H20N2O/c1-16(17,12-14-7-9-18-10-8-14)11-13-3-5-15(19-2)6-4-13/h3-10H,11-12,17H2,1-2H3. The first-order valence-corrected chi connectivity index (χ1v) is 6.40. The highest BCUT2D eigenvalue weighted by Crippen LogP contribution is 2.18. The number of rotatable bonds is 5. The van der Waals surface area contributed by atoms with Crippen LogP contribution in [0.25, 0.3) is 0 Å². The molecule has 0 bridgehead atoms. The predicted octanol–water partition coefficient (Wildman–Crippen LogP) is 2.59. The van der Waals surface area contributed by atoms with Crippen LogP contribution in [-0.4, -0.2) is 17.6 Å². The Hall–Kier alpha value is -1.87. The molecule has 0 saturated carbocycles. The van der Waals surface area contributed by atoms with Crippen molar-refractivity contribution in [2.75, 3.05) is 7.11 Å². The summed E-state index contributed by atoms with van der Waals surface area (Å²) < 4.78 is 5.16. The Morgan fingerprint density at radius 2 is 1.53 bits per heavy atom. The summed E-state index contributed by atoms with van der Waals surface area (Å²) in [5.41, 5.74) is 8.57. The first-order valence-electron chi connectivity index (χ1n) is 6.40. The van der Waals surface area contributed by atoms with Gasteiger partial charge in [-0.3, -0.25) is 4.98 Å². The number of hydrogen-bond acceptors (Lipinski definition) is 3. The number of hydrogen-bond donors (Lipinski definition) is 1. The van der Waals surface area contributed by atoms with Crippen molar-refractivity contribution in [1.29, 1.82) is 0 Å². The van der Waals surface area contributed by atoms with Crippen LogP contribution in [0.5, 0.6) is 5.75 Å². The molecule has 1 atom stereocenters. The second-order valence-corrected chi connectivity index (χ2v) is 5.21. The van der Waals surface area contributed by atoms with Crippen LogP contribution >= 0.6 is 0 Å². The first kappa shape index (κ1) is 13.6. The molecule has 2 aromatic rings. The van der Waals surface area contributed by atoms with E-state index in [0.29, 0.717) is 0 Å². The fraction of sp³-hybridized carbons (Fsp3) is 0.312. The summed E-state index contributed by atoms with van der Waals surface area (Å²) in [4.78, 5) is 4.02. The van der Waals surface area contributed by atoms with E-state index in [1.807, 2.05) is 24.3 Å². The molecule has 0 aliphatic heterocycles. The lowest BCUT2D eigenvalue weighted by Gasteiger charge is -2.25. The molecular weight excluding hydrogens is 236 g/mol. The average Bonchev–Trinajstić information content (AvgIpc) is 2.39. The van der Waals surface area contributed by atoms with Crippen LogP contribution in [0.3, 0.4) is 0 Å². The van der Waals surface area contributed by atoms with Crippen molar-refractivity contribution in [3.63, 3.8) is 0 Å². The number of benzene rings is 1. The van der Waals surface area contributed by atoms with Crippen LogP contribution in [0.2, 0.25) is 0 Å². The van der Waals surface area contributed by atoms with E-state index in [-0.39, 0.29) is 5.54 Å². The van der Waals surface area contributed by atoms with Crippen LogP contribution in [-0.2, 0) is 12.8 Å². The van der Waals surface area contributed by atoms with Crippen LogP contribution in [0.15, 0.2) is 48.8 Å². The summed E-state index contributed by atoms with van der Waals surface area (Å²) in [6.45, 7) is 2.08. The summed E-state index contributed by atoms with van der Waals surface area (Å²) in [5.74, 6) is 0.872. The third kappa shape index (κ3) is 4.07. The van der Waals surface area contributed by atoms with Crippen molar-refractivity contribution in [3.05, 3.63) is 59.9 Å². The lowest BCUT2D eigenvalue weighted by Crippen LogP contribution is -2.40. The molecule has 0 spiro atoms. The smallest absolute Gasteiger partial charge is 0.118 e. The summed E-state index contributed by atoms with van der Waals surface area (Å²) in [6, 6.07) is 12.1. The normalized spacial score (nSPS) is 13.8. The Morgan fingerprint density at radius 3 is 2.05 bits per heavy atom. The van der Waals surface area contributed by atoms with Gasteiger partial charge in [0.25, 0.3) is 0 Å². The van der Waals surface area contributed by atoms with Gasteiger partial charge < -0.3 is 10.5 Å². The number of nitrogens with zero attached hydrogens (tertiary/aromatic N) is 1. The SMILES string of the molecule is COc1ccc(CC(C)(N)Cc2ccncc2)cc1. The van der Waals surface area contributed by atoms with E-state index >= 15 is 0 Å². The second-order valence-electron chi connectivity index (χ2n) is 5.21. The zero-order valence-corrected chi connectivity index (χ0v) is 11.5. The van der Waals surface area contributed by atoms with E-state index in [0.717, 1.165) is 18.6 Å². The lowest BCUT2D eigenvalue weighted by atomic mass is 9.88. The molecule has 1 unspecified atom stereocenters. The monoisotopic (exact) mass is 256 g/mol. The van der Waals surface area contributed by atoms with E-state index in [2.05, 4.69) is 24.0 Å². The molecule has 0 amide bonds. The molecule has 3 nitrogen and oxygen atoms in total. The summed E-state index contributed by atoms with van der Waals surface area (Å²) in [5, 5.41) is 0. The summed E-state index contributed by atoms with van der Waals surface area (Å²) >= 11 is 0. The van der Waals surface area contributed by atoms with E-state index in [9.17, 15) is 0 Å². The largest absolute Gasteiger partial charge is 0.497 e. The van der Waals surface area contributed by atoms with Gasteiger partial charge in [-0.15, -0.1) is 0 Å². The highest BCUT2D eigenvalue weighted by molar-refractivity contribution is 5.28. The van der Waals surface area contributed by atoms with Crippen molar-refractivity contribution in [1.82, 2.24) is 4.98 Å². The minimum atomic E-state index is -0.268. The van der Waals surface area contributed by atoms with Gasteiger partial charge in [-0.2, -0.15) is 0 Å². The molecule has 1 heterocycles. The molecule has 2 rings (SSSR count). The fourth-order valence-corrected chi connectivity index (χ4v) is 2.24.